The molecule has 0 bridgehead atoms. The van der Waals surface area contributed by atoms with Gasteiger partial charge in [0.25, 0.3) is 11.8 Å². The zero-order valence-electron chi connectivity index (χ0n) is 26.6. The third kappa shape index (κ3) is 7.56. The van der Waals surface area contributed by atoms with Gasteiger partial charge in [0.2, 0.25) is 0 Å². The summed E-state index contributed by atoms with van der Waals surface area (Å²) in [4.78, 5) is 57.2. The lowest BCUT2D eigenvalue weighted by Crippen LogP contribution is -2.73. The minimum absolute atomic E-state index is 0.203. The quantitative estimate of drug-likeness (QED) is 0.194. The fourth-order valence-corrected chi connectivity index (χ4v) is 7.14. The third-order valence-electron chi connectivity index (χ3n) is 7.31. The molecule has 0 spiro atoms. The number of ether oxygens (including phenoxy) is 2. The Balaban J connectivity index is 1.52. The first-order valence-corrected chi connectivity index (χ1v) is 17.8. The molecule has 48 heavy (non-hydrogen) atoms. The summed E-state index contributed by atoms with van der Waals surface area (Å²) >= 11 is 1.00. The Kier molecular flexibility index (Phi) is 9.99. The summed E-state index contributed by atoms with van der Waals surface area (Å²) in [6.07, 6.45) is -1.22. The van der Waals surface area contributed by atoms with E-state index >= 15 is 0 Å². The Morgan fingerprint density at radius 3 is 1.88 bits per heavy atom. The second-order valence-corrected chi connectivity index (χ2v) is 14.8. The number of nitrogens with two attached hydrogens (primary N) is 1. The van der Waals surface area contributed by atoms with E-state index < -0.39 is 68.9 Å². The number of fused-ring (bicyclic) bond motifs is 1. The molecule has 0 saturated carbocycles. The van der Waals surface area contributed by atoms with Crippen LogP contribution in [0.3, 0.4) is 0 Å². The number of carbonyl (C=O) groups excluding carboxylic acids is 4. The van der Waals surface area contributed by atoms with Gasteiger partial charge < -0.3 is 19.4 Å². The van der Waals surface area contributed by atoms with Crippen LogP contribution in [0, 0.1) is 0 Å². The normalized spacial score (nSPS) is 18.4. The van der Waals surface area contributed by atoms with Crippen LogP contribution in [0.1, 0.15) is 49.6 Å². The zero-order chi connectivity index (χ0) is 34.8. The minimum Gasteiger partial charge on any atom is -0.448 e. The summed E-state index contributed by atoms with van der Waals surface area (Å²) in [5.41, 5.74) is 6.46. The second-order valence-electron chi connectivity index (χ2n) is 12.1. The van der Waals surface area contributed by atoms with Crippen molar-refractivity contribution in [1.82, 2.24) is 9.80 Å². The first kappa shape index (κ1) is 34.7. The van der Waals surface area contributed by atoms with Crippen molar-refractivity contribution in [3.8, 4) is 0 Å². The van der Waals surface area contributed by atoms with Crippen LogP contribution in [0.2, 0.25) is 0 Å². The van der Waals surface area contributed by atoms with Gasteiger partial charge in [-0.3, -0.25) is 14.5 Å². The molecular formula is C34H35N3O9S2. The lowest BCUT2D eigenvalue weighted by Gasteiger charge is -2.52. The number of hydrogen-bond donors (Lipinski definition) is 1. The maximum Gasteiger partial charge on any atom is 0.417 e. The molecule has 2 aliphatic heterocycles. The topological polar surface area (TPSA) is 163 Å². The SMILES string of the molecule is CC(C)(C)OC(=O)N(C(=O)C(N)c1ccccc1)C1C(=O)N2C(C(=O)OC(c3ccccc3)c3ccccc3)=C(OS(C)(=O)=O)CS[C@@H]12. The Bertz CT molecular complexity index is 1790. The van der Waals surface area contributed by atoms with Crippen molar-refractivity contribution in [2.75, 3.05) is 12.0 Å². The minimum atomic E-state index is -4.15. The molecule has 3 aromatic rings. The molecule has 3 atom stereocenters. The van der Waals surface area contributed by atoms with E-state index in [-0.39, 0.29) is 11.5 Å². The fourth-order valence-electron chi connectivity index (χ4n) is 5.26. The highest BCUT2D eigenvalue weighted by Gasteiger charge is 2.60. The molecule has 3 aromatic carbocycles. The first-order chi connectivity index (χ1) is 22.7. The highest BCUT2D eigenvalue weighted by atomic mass is 32.2. The average Bonchev–Trinajstić information content (AvgIpc) is 3.04. The Morgan fingerprint density at radius 2 is 1.40 bits per heavy atom. The van der Waals surface area contributed by atoms with Crippen molar-refractivity contribution in [1.29, 1.82) is 0 Å². The number of carbonyl (C=O) groups is 4. The molecule has 252 valence electrons. The molecule has 14 heteroatoms. The predicted octanol–water partition coefficient (Wildman–Crippen LogP) is 4.25. The molecule has 5 rings (SSSR count). The van der Waals surface area contributed by atoms with Crippen molar-refractivity contribution in [2.45, 2.75) is 49.9 Å². The van der Waals surface area contributed by atoms with E-state index in [0.717, 1.165) is 22.9 Å². The van der Waals surface area contributed by atoms with Crippen LogP contribution in [0.4, 0.5) is 4.79 Å². The number of thioether (sulfide) groups is 1. The number of hydrogen-bond acceptors (Lipinski definition) is 11. The number of nitrogens with zero attached hydrogens (tertiary/aromatic N) is 2. The smallest absolute Gasteiger partial charge is 0.417 e. The van der Waals surface area contributed by atoms with E-state index in [9.17, 15) is 27.6 Å². The van der Waals surface area contributed by atoms with E-state index in [2.05, 4.69) is 0 Å². The number of esters is 1. The average molecular weight is 694 g/mol. The van der Waals surface area contributed by atoms with Gasteiger partial charge in [-0.25, -0.2) is 14.5 Å². The van der Waals surface area contributed by atoms with Crippen molar-refractivity contribution in [3.05, 3.63) is 119 Å². The molecule has 2 aliphatic rings. The predicted molar refractivity (Wildman–Crippen MR) is 177 cm³/mol. The Morgan fingerprint density at radius 1 is 0.896 bits per heavy atom. The summed E-state index contributed by atoms with van der Waals surface area (Å²) in [6.45, 7) is 4.82. The molecule has 1 saturated heterocycles. The van der Waals surface area contributed by atoms with Gasteiger partial charge in [-0.15, -0.1) is 11.8 Å². The van der Waals surface area contributed by atoms with Crippen LogP contribution in [0.25, 0.3) is 0 Å². The maximum absolute atomic E-state index is 14.1. The van der Waals surface area contributed by atoms with E-state index in [1.165, 1.54) is 0 Å². The summed E-state index contributed by atoms with van der Waals surface area (Å²) in [5, 5.41) is -1.02. The molecule has 0 radical (unpaired) electrons. The second kappa shape index (κ2) is 13.8. The van der Waals surface area contributed by atoms with Crippen molar-refractivity contribution >= 4 is 45.8 Å². The van der Waals surface area contributed by atoms with Crippen LogP contribution in [-0.2, 0) is 38.2 Å². The largest absolute Gasteiger partial charge is 0.448 e. The van der Waals surface area contributed by atoms with Crippen LogP contribution in [-0.4, -0.2) is 71.1 Å². The van der Waals surface area contributed by atoms with E-state index in [4.69, 9.17) is 19.4 Å². The standard InChI is InChI=1S/C34H35N3O9S2/c1-34(2,3)45-33(41)37(29(38)25(35)21-14-8-5-9-15-21)27-30(39)36-26(24(20-47-31(27)36)46-48(4,42)43)32(40)44-28(22-16-10-6-11-17-22)23-18-12-7-13-19-23/h5-19,25,27-28,31H,20,35H2,1-4H3/t25?,27?,31-/m0/s1. The molecule has 1 fully saturated rings. The van der Waals surface area contributed by atoms with Gasteiger partial charge in [0.1, 0.15) is 17.0 Å². The number of rotatable bonds is 9. The van der Waals surface area contributed by atoms with E-state index in [1.807, 2.05) is 0 Å². The van der Waals surface area contributed by atoms with Gasteiger partial charge in [-0.05, 0) is 37.5 Å². The van der Waals surface area contributed by atoms with Crippen molar-refractivity contribution < 1.29 is 41.3 Å². The van der Waals surface area contributed by atoms with Gasteiger partial charge in [0.15, 0.2) is 23.6 Å². The molecule has 3 amide bonds. The number of β-lactam (4-membered cyclic amide) rings is 1. The third-order valence-corrected chi connectivity index (χ3v) is 9.05. The molecule has 0 aromatic heterocycles. The van der Waals surface area contributed by atoms with Crippen LogP contribution in [0.5, 0.6) is 0 Å². The number of imide groups is 1. The van der Waals surface area contributed by atoms with Crippen LogP contribution in [0.15, 0.2) is 102 Å². The van der Waals surface area contributed by atoms with E-state index in [1.54, 1.807) is 112 Å². The van der Waals surface area contributed by atoms with Crippen molar-refractivity contribution in [2.24, 2.45) is 5.73 Å². The van der Waals surface area contributed by atoms with Gasteiger partial charge in [-0.2, -0.15) is 8.42 Å². The first-order valence-electron chi connectivity index (χ1n) is 14.9. The maximum atomic E-state index is 14.1. The Labute approximate surface area is 282 Å². The van der Waals surface area contributed by atoms with E-state index in [0.29, 0.717) is 21.6 Å². The van der Waals surface area contributed by atoms with Gasteiger partial charge in [0, 0.05) is 0 Å². The highest BCUT2D eigenvalue weighted by Crippen LogP contribution is 2.45. The van der Waals surface area contributed by atoms with Crippen LogP contribution >= 0.6 is 11.8 Å². The lowest BCUT2D eigenvalue weighted by atomic mass is 9.99. The van der Waals surface area contributed by atoms with Gasteiger partial charge >= 0.3 is 22.2 Å². The summed E-state index contributed by atoms with van der Waals surface area (Å²) in [5.74, 6) is -3.32. The number of benzene rings is 3. The molecule has 2 N–H and O–H groups in total. The Hall–Kier alpha value is -4.66. The molecule has 2 heterocycles. The molecule has 0 aliphatic carbocycles. The summed E-state index contributed by atoms with van der Waals surface area (Å²) in [6, 6.07) is 23.3. The molecule has 2 unspecified atom stereocenters. The lowest BCUT2D eigenvalue weighted by molar-refractivity contribution is -0.161. The molecular weight excluding hydrogens is 659 g/mol. The molecule has 12 nitrogen and oxygen atoms in total. The van der Waals surface area contributed by atoms with Gasteiger partial charge in [-0.1, -0.05) is 91.0 Å². The number of amides is 3. The zero-order valence-corrected chi connectivity index (χ0v) is 28.3. The monoisotopic (exact) mass is 693 g/mol. The summed E-state index contributed by atoms with van der Waals surface area (Å²) < 4.78 is 41.3. The van der Waals surface area contributed by atoms with Crippen molar-refractivity contribution in [3.63, 3.8) is 0 Å². The highest BCUT2D eigenvalue weighted by molar-refractivity contribution is 8.00. The fraction of sp³-hybridized carbons (Fsp3) is 0.294. The summed E-state index contributed by atoms with van der Waals surface area (Å²) in [7, 11) is -4.15. The van der Waals surface area contributed by atoms with Gasteiger partial charge in [0.05, 0.1) is 12.0 Å². The van der Waals surface area contributed by atoms with Crippen LogP contribution < -0.4 is 5.73 Å².